The summed E-state index contributed by atoms with van der Waals surface area (Å²) in [6.07, 6.45) is 2.04. The zero-order valence-corrected chi connectivity index (χ0v) is 16.1. The molecule has 1 aliphatic heterocycles. The maximum atomic E-state index is 13.1. The van der Waals surface area contributed by atoms with Gasteiger partial charge in [0, 0.05) is 17.5 Å². The molecule has 1 aromatic heterocycles. The van der Waals surface area contributed by atoms with E-state index in [0.717, 1.165) is 30.1 Å². The Morgan fingerprint density at radius 2 is 2.07 bits per heavy atom. The molecule has 138 valence electrons. The van der Waals surface area contributed by atoms with Crippen LogP contribution in [0.2, 0.25) is 0 Å². The van der Waals surface area contributed by atoms with Gasteiger partial charge in [-0.25, -0.2) is 4.98 Å². The summed E-state index contributed by atoms with van der Waals surface area (Å²) < 4.78 is 5.84. The van der Waals surface area contributed by atoms with E-state index < -0.39 is 0 Å². The summed E-state index contributed by atoms with van der Waals surface area (Å²) in [5.41, 5.74) is 2.79. The fraction of sp³-hybridized carbons (Fsp3) is 0.273. The van der Waals surface area contributed by atoms with Gasteiger partial charge in [-0.3, -0.25) is 4.79 Å². The van der Waals surface area contributed by atoms with Crippen molar-refractivity contribution in [1.82, 2.24) is 9.88 Å². The molecule has 1 saturated heterocycles. The first-order valence-corrected chi connectivity index (χ1v) is 10.1. The molecule has 1 aliphatic rings. The van der Waals surface area contributed by atoms with Gasteiger partial charge in [0.15, 0.2) is 0 Å². The molecule has 0 bridgehead atoms. The maximum absolute atomic E-state index is 13.1. The van der Waals surface area contributed by atoms with Crippen LogP contribution in [0, 0.1) is 6.92 Å². The van der Waals surface area contributed by atoms with Gasteiger partial charge in [-0.1, -0.05) is 36.4 Å². The molecule has 1 atom stereocenters. The van der Waals surface area contributed by atoms with Gasteiger partial charge < -0.3 is 9.64 Å². The fourth-order valence-corrected chi connectivity index (χ4v) is 4.15. The summed E-state index contributed by atoms with van der Waals surface area (Å²) in [6, 6.07) is 17.9. The molecule has 1 amide bonds. The third kappa shape index (κ3) is 4.03. The van der Waals surface area contributed by atoms with Crippen molar-refractivity contribution in [2.45, 2.75) is 32.4 Å². The number of thiazole rings is 1. The number of hydrogen-bond acceptors (Lipinski definition) is 4. The molecule has 2 heterocycles. The Morgan fingerprint density at radius 1 is 1.22 bits per heavy atom. The van der Waals surface area contributed by atoms with Crippen LogP contribution in [-0.2, 0) is 6.61 Å². The topological polar surface area (TPSA) is 42.4 Å². The summed E-state index contributed by atoms with van der Waals surface area (Å²) in [5, 5.41) is 3.03. The van der Waals surface area contributed by atoms with Gasteiger partial charge in [-0.2, -0.15) is 0 Å². The molecule has 0 spiro atoms. The van der Waals surface area contributed by atoms with Crippen LogP contribution in [0.15, 0.2) is 60.0 Å². The van der Waals surface area contributed by atoms with Crippen LogP contribution < -0.4 is 4.74 Å². The van der Waals surface area contributed by atoms with Crippen LogP contribution in [-0.4, -0.2) is 22.3 Å². The normalized spacial score (nSPS) is 16.5. The molecule has 0 radical (unpaired) electrons. The van der Waals surface area contributed by atoms with E-state index >= 15 is 0 Å². The van der Waals surface area contributed by atoms with Crippen LogP contribution in [0.25, 0.3) is 0 Å². The third-order valence-corrected chi connectivity index (χ3v) is 5.65. The van der Waals surface area contributed by atoms with Crippen molar-refractivity contribution in [2.24, 2.45) is 0 Å². The van der Waals surface area contributed by atoms with E-state index in [1.165, 1.54) is 5.56 Å². The minimum absolute atomic E-state index is 0.0660. The molecule has 4 nitrogen and oxygen atoms in total. The zero-order valence-electron chi connectivity index (χ0n) is 15.3. The van der Waals surface area contributed by atoms with Gasteiger partial charge in [0.25, 0.3) is 5.91 Å². The lowest BCUT2D eigenvalue weighted by atomic mass is 10.0. The van der Waals surface area contributed by atoms with Gasteiger partial charge >= 0.3 is 0 Å². The number of amides is 1. The lowest BCUT2D eigenvalue weighted by Gasteiger charge is -2.25. The number of ether oxygens (including phenoxy) is 1. The standard InChI is InChI=1S/C22H22N2O2S/c1-16-23-19(15-27-16)14-26-20-10-5-9-18(13-20)22(25)24-12-6-11-21(24)17-7-3-2-4-8-17/h2-5,7-10,13,15,21H,6,11-12,14H2,1H3. The third-order valence-electron chi connectivity index (χ3n) is 4.83. The number of benzene rings is 2. The molecule has 1 fully saturated rings. The van der Waals surface area contributed by atoms with Crippen molar-refractivity contribution in [1.29, 1.82) is 0 Å². The maximum Gasteiger partial charge on any atom is 0.254 e. The summed E-state index contributed by atoms with van der Waals surface area (Å²) in [6.45, 7) is 3.19. The molecular weight excluding hydrogens is 356 g/mol. The molecule has 5 heteroatoms. The van der Waals surface area contributed by atoms with Crippen LogP contribution in [0.5, 0.6) is 5.75 Å². The molecule has 1 unspecified atom stereocenters. The van der Waals surface area contributed by atoms with Crippen molar-refractivity contribution < 1.29 is 9.53 Å². The molecule has 0 N–H and O–H groups in total. The van der Waals surface area contributed by atoms with Gasteiger partial charge in [-0.15, -0.1) is 11.3 Å². The Morgan fingerprint density at radius 3 is 2.85 bits per heavy atom. The average molecular weight is 378 g/mol. The summed E-state index contributed by atoms with van der Waals surface area (Å²) in [4.78, 5) is 19.5. The molecular formula is C22H22N2O2S. The van der Waals surface area contributed by atoms with Crippen LogP contribution in [0.4, 0.5) is 0 Å². The quantitative estimate of drug-likeness (QED) is 0.627. The minimum Gasteiger partial charge on any atom is -0.487 e. The second-order valence-electron chi connectivity index (χ2n) is 6.74. The Kier molecular flexibility index (Phi) is 5.21. The monoisotopic (exact) mass is 378 g/mol. The molecule has 4 rings (SSSR count). The number of aryl methyl sites for hydroxylation is 1. The second-order valence-corrected chi connectivity index (χ2v) is 7.80. The van der Waals surface area contributed by atoms with Gasteiger partial charge in [0.2, 0.25) is 0 Å². The Hall–Kier alpha value is -2.66. The Balaban J connectivity index is 1.48. The van der Waals surface area contributed by atoms with Crippen LogP contribution >= 0.6 is 11.3 Å². The van der Waals surface area contributed by atoms with Crippen molar-refractivity contribution in [3.05, 3.63) is 81.8 Å². The molecule has 2 aromatic carbocycles. The average Bonchev–Trinajstić information content (AvgIpc) is 3.36. The highest BCUT2D eigenvalue weighted by Gasteiger charge is 2.30. The van der Waals surface area contributed by atoms with Crippen molar-refractivity contribution in [2.75, 3.05) is 6.54 Å². The van der Waals surface area contributed by atoms with Gasteiger partial charge in [0.1, 0.15) is 12.4 Å². The zero-order chi connectivity index (χ0) is 18.6. The summed E-state index contributed by atoms with van der Waals surface area (Å²) >= 11 is 1.61. The predicted molar refractivity (Wildman–Crippen MR) is 107 cm³/mol. The van der Waals surface area contributed by atoms with E-state index in [1.54, 1.807) is 11.3 Å². The van der Waals surface area contributed by atoms with E-state index in [9.17, 15) is 4.79 Å². The molecule has 3 aromatic rings. The minimum atomic E-state index is 0.0660. The highest BCUT2D eigenvalue weighted by atomic mass is 32.1. The summed E-state index contributed by atoms with van der Waals surface area (Å²) in [7, 11) is 0. The highest BCUT2D eigenvalue weighted by Crippen LogP contribution is 2.33. The first kappa shape index (κ1) is 17.7. The number of carbonyl (C=O) groups is 1. The van der Waals surface area contributed by atoms with Crippen molar-refractivity contribution >= 4 is 17.2 Å². The Labute approximate surface area is 163 Å². The summed E-state index contributed by atoms with van der Waals surface area (Å²) in [5.74, 6) is 0.762. The fourth-order valence-electron chi connectivity index (χ4n) is 3.55. The number of rotatable bonds is 5. The number of aromatic nitrogens is 1. The first-order valence-electron chi connectivity index (χ1n) is 9.20. The number of likely N-dealkylation sites (tertiary alicyclic amines) is 1. The van der Waals surface area contributed by atoms with E-state index in [1.807, 2.05) is 59.7 Å². The molecule has 0 aliphatic carbocycles. The number of hydrogen-bond donors (Lipinski definition) is 0. The second kappa shape index (κ2) is 7.92. The Bertz CT molecular complexity index is 923. The van der Waals surface area contributed by atoms with E-state index in [0.29, 0.717) is 17.9 Å². The van der Waals surface area contributed by atoms with Crippen LogP contribution in [0.3, 0.4) is 0 Å². The number of nitrogens with zero attached hydrogens (tertiary/aromatic N) is 2. The molecule has 0 saturated carbocycles. The number of carbonyl (C=O) groups excluding carboxylic acids is 1. The lowest BCUT2D eigenvalue weighted by molar-refractivity contribution is 0.0735. The van der Waals surface area contributed by atoms with E-state index in [4.69, 9.17) is 4.74 Å². The van der Waals surface area contributed by atoms with Crippen LogP contribution in [0.1, 0.15) is 45.5 Å². The first-order chi connectivity index (χ1) is 13.2. The van der Waals surface area contributed by atoms with E-state index in [-0.39, 0.29) is 11.9 Å². The van der Waals surface area contributed by atoms with Gasteiger partial charge in [0.05, 0.1) is 16.7 Å². The lowest BCUT2D eigenvalue weighted by Crippen LogP contribution is -2.30. The highest BCUT2D eigenvalue weighted by molar-refractivity contribution is 7.09. The predicted octanol–water partition coefficient (Wildman–Crippen LogP) is 5.01. The van der Waals surface area contributed by atoms with Crippen molar-refractivity contribution in [3.8, 4) is 5.75 Å². The largest absolute Gasteiger partial charge is 0.487 e. The van der Waals surface area contributed by atoms with E-state index in [2.05, 4.69) is 17.1 Å². The van der Waals surface area contributed by atoms with Gasteiger partial charge in [-0.05, 0) is 43.5 Å². The smallest absolute Gasteiger partial charge is 0.254 e. The van der Waals surface area contributed by atoms with Crippen molar-refractivity contribution in [3.63, 3.8) is 0 Å². The molecule has 27 heavy (non-hydrogen) atoms. The SMILES string of the molecule is Cc1nc(COc2cccc(C(=O)N3CCCC3c3ccccc3)c2)cs1.